The summed E-state index contributed by atoms with van der Waals surface area (Å²) in [7, 11) is 0. The van der Waals surface area contributed by atoms with Gasteiger partial charge in [0.2, 0.25) is 5.91 Å². The predicted molar refractivity (Wildman–Crippen MR) is 56.4 cm³/mol. The number of phenols is 1. The maximum Gasteiger partial charge on any atom is 0.224 e. The quantitative estimate of drug-likeness (QED) is 0.815. The number of hydrogen-bond acceptors (Lipinski definition) is 2. The molecule has 0 atom stereocenters. The van der Waals surface area contributed by atoms with Crippen LogP contribution in [0.1, 0.15) is 20.8 Å². The van der Waals surface area contributed by atoms with E-state index >= 15 is 0 Å². The number of halogens is 1. The molecule has 1 aromatic rings. The van der Waals surface area contributed by atoms with Crippen LogP contribution in [-0.4, -0.2) is 17.1 Å². The molecule has 0 heterocycles. The number of hydrogen-bond donors (Lipinski definition) is 1. The molecule has 0 aliphatic carbocycles. The van der Waals surface area contributed by atoms with Crippen LogP contribution in [0.3, 0.4) is 0 Å². The normalized spacial score (nSPS) is 10.5. The molecule has 15 heavy (non-hydrogen) atoms. The summed E-state index contributed by atoms with van der Waals surface area (Å²) in [6.07, 6.45) is 0. The van der Waals surface area contributed by atoms with Gasteiger partial charge in [0.1, 0.15) is 11.6 Å². The molecule has 0 unspecified atom stereocenters. The summed E-state index contributed by atoms with van der Waals surface area (Å²) in [5.41, 5.74) is 0.332. The summed E-state index contributed by atoms with van der Waals surface area (Å²) in [5, 5.41) is 9.53. The fourth-order valence-electron chi connectivity index (χ4n) is 1.51. The van der Waals surface area contributed by atoms with E-state index in [0.717, 1.165) is 6.07 Å². The third-order valence-electron chi connectivity index (χ3n) is 2.05. The van der Waals surface area contributed by atoms with Gasteiger partial charge < -0.3 is 10.0 Å². The van der Waals surface area contributed by atoms with Gasteiger partial charge in [0.25, 0.3) is 0 Å². The molecule has 0 bridgehead atoms. The SMILES string of the molecule is CC(=O)N(c1ccc(F)cc1O)C(C)C. The first-order valence-electron chi connectivity index (χ1n) is 4.71. The Bertz CT molecular complexity index is 377. The fourth-order valence-corrected chi connectivity index (χ4v) is 1.51. The molecule has 1 N–H and O–H groups in total. The third-order valence-corrected chi connectivity index (χ3v) is 2.05. The van der Waals surface area contributed by atoms with Crippen LogP contribution in [0.2, 0.25) is 0 Å². The van der Waals surface area contributed by atoms with Gasteiger partial charge in [-0.25, -0.2) is 4.39 Å². The Labute approximate surface area is 88.1 Å². The molecule has 0 saturated carbocycles. The van der Waals surface area contributed by atoms with E-state index in [1.807, 2.05) is 13.8 Å². The Hall–Kier alpha value is -1.58. The molecule has 1 rings (SSSR count). The third kappa shape index (κ3) is 2.46. The van der Waals surface area contributed by atoms with Gasteiger partial charge >= 0.3 is 0 Å². The first kappa shape index (κ1) is 11.5. The number of amides is 1. The predicted octanol–water partition coefficient (Wildman–Crippen LogP) is 2.29. The first-order valence-corrected chi connectivity index (χ1v) is 4.71. The maximum absolute atomic E-state index is 12.7. The summed E-state index contributed by atoms with van der Waals surface area (Å²) in [6.45, 7) is 5.05. The zero-order valence-corrected chi connectivity index (χ0v) is 8.99. The average molecular weight is 211 g/mol. The van der Waals surface area contributed by atoms with Crippen LogP contribution >= 0.6 is 0 Å². The molecule has 0 aliphatic rings. The van der Waals surface area contributed by atoms with E-state index in [9.17, 15) is 14.3 Å². The summed E-state index contributed by atoms with van der Waals surface area (Å²) < 4.78 is 12.7. The molecule has 0 saturated heterocycles. The number of benzene rings is 1. The average Bonchev–Trinajstić information content (AvgIpc) is 2.08. The number of phenolic OH excluding ortho intramolecular Hbond substituents is 1. The Morgan fingerprint density at radius 2 is 2.07 bits per heavy atom. The largest absolute Gasteiger partial charge is 0.506 e. The molecule has 1 aromatic carbocycles. The van der Waals surface area contributed by atoms with E-state index in [4.69, 9.17) is 0 Å². The number of rotatable bonds is 2. The van der Waals surface area contributed by atoms with Crippen LogP contribution in [0.5, 0.6) is 5.75 Å². The maximum atomic E-state index is 12.7. The molecule has 0 aromatic heterocycles. The Morgan fingerprint density at radius 3 is 2.47 bits per heavy atom. The standard InChI is InChI=1S/C11H14FNO2/c1-7(2)13(8(3)14)10-5-4-9(12)6-11(10)15/h4-7,15H,1-3H3. The Morgan fingerprint density at radius 1 is 1.47 bits per heavy atom. The highest BCUT2D eigenvalue weighted by Gasteiger charge is 2.18. The van der Waals surface area contributed by atoms with E-state index in [-0.39, 0.29) is 17.7 Å². The van der Waals surface area contributed by atoms with Crippen molar-refractivity contribution in [2.45, 2.75) is 26.8 Å². The van der Waals surface area contributed by atoms with E-state index in [2.05, 4.69) is 0 Å². The van der Waals surface area contributed by atoms with Gasteiger partial charge in [0.15, 0.2) is 0 Å². The van der Waals surface area contributed by atoms with Crippen molar-refractivity contribution in [2.75, 3.05) is 4.90 Å². The van der Waals surface area contributed by atoms with E-state index in [0.29, 0.717) is 5.69 Å². The second-order valence-electron chi connectivity index (χ2n) is 3.62. The van der Waals surface area contributed by atoms with Crippen molar-refractivity contribution in [3.63, 3.8) is 0 Å². The number of aromatic hydroxyl groups is 1. The zero-order valence-electron chi connectivity index (χ0n) is 8.99. The second-order valence-corrected chi connectivity index (χ2v) is 3.62. The van der Waals surface area contributed by atoms with E-state index < -0.39 is 5.82 Å². The van der Waals surface area contributed by atoms with Crippen molar-refractivity contribution in [3.8, 4) is 5.75 Å². The number of carbonyl (C=O) groups excluding carboxylic acids is 1. The highest BCUT2D eigenvalue weighted by atomic mass is 19.1. The van der Waals surface area contributed by atoms with E-state index in [1.165, 1.54) is 24.0 Å². The van der Waals surface area contributed by atoms with Crippen molar-refractivity contribution in [1.82, 2.24) is 0 Å². The van der Waals surface area contributed by atoms with Crippen molar-refractivity contribution in [1.29, 1.82) is 0 Å². The van der Waals surface area contributed by atoms with Crippen LogP contribution in [0, 0.1) is 5.82 Å². The second kappa shape index (κ2) is 4.29. The van der Waals surface area contributed by atoms with Crippen LogP contribution in [0.25, 0.3) is 0 Å². The van der Waals surface area contributed by atoms with Crippen LogP contribution in [0.15, 0.2) is 18.2 Å². The summed E-state index contributed by atoms with van der Waals surface area (Å²) in [4.78, 5) is 12.8. The lowest BCUT2D eigenvalue weighted by Gasteiger charge is -2.26. The topological polar surface area (TPSA) is 40.5 Å². The Kier molecular flexibility index (Phi) is 3.29. The highest BCUT2D eigenvalue weighted by molar-refractivity contribution is 5.93. The van der Waals surface area contributed by atoms with Gasteiger partial charge in [-0.3, -0.25) is 4.79 Å². The van der Waals surface area contributed by atoms with Gasteiger partial charge in [-0.05, 0) is 26.0 Å². The minimum absolute atomic E-state index is 0.0844. The number of nitrogens with zero attached hydrogens (tertiary/aromatic N) is 1. The van der Waals surface area contributed by atoms with Gasteiger partial charge in [-0.1, -0.05) is 0 Å². The van der Waals surface area contributed by atoms with Gasteiger partial charge in [-0.15, -0.1) is 0 Å². The monoisotopic (exact) mass is 211 g/mol. The van der Waals surface area contributed by atoms with Crippen molar-refractivity contribution >= 4 is 11.6 Å². The molecule has 82 valence electrons. The van der Waals surface area contributed by atoms with Crippen molar-refractivity contribution in [3.05, 3.63) is 24.0 Å². The molecule has 0 aliphatic heterocycles. The summed E-state index contributed by atoms with van der Waals surface area (Å²) >= 11 is 0. The highest BCUT2D eigenvalue weighted by Crippen LogP contribution is 2.29. The van der Waals surface area contributed by atoms with Crippen LogP contribution in [0.4, 0.5) is 10.1 Å². The van der Waals surface area contributed by atoms with Crippen molar-refractivity contribution in [2.24, 2.45) is 0 Å². The van der Waals surface area contributed by atoms with Gasteiger partial charge in [-0.2, -0.15) is 0 Å². The fraction of sp³-hybridized carbons (Fsp3) is 0.364. The van der Waals surface area contributed by atoms with E-state index in [1.54, 1.807) is 0 Å². The van der Waals surface area contributed by atoms with Crippen LogP contribution in [-0.2, 0) is 4.79 Å². The smallest absolute Gasteiger partial charge is 0.224 e. The molecule has 0 radical (unpaired) electrons. The lowest BCUT2D eigenvalue weighted by Crippen LogP contribution is -2.35. The van der Waals surface area contributed by atoms with Gasteiger partial charge in [0.05, 0.1) is 5.69 Å². The molecular weight excluding hydrogens is 197 g/mol. The minimum atomic E-state index is -0.525. The van der Waals surface area contributed by atoms with Crippen LogP contribution < -0.4 is 4.90 Å². The van der Waals surface area contributed by atoms with Crippen molar-refractivity contribution < 1.29 is 14.3 Å². The zero-order chi connectivity index (χ0) is 11.6. The Balaban J connectivity index is 3.17. The molecule has 4 heteroatoms. The minimum Gasteiger partial charge on any atom is -0.506 e. The molecular formula is C11H14FNO2. The number of anilines is 1. The molecule has 0 spiro atoms. The summed E-state index contributed by atoms with van der Waals surface area (Å²) in [5.74, 6) is -0.936. The molecule has 3 nitrogen and oxygen atoms in total. The number of carbonyl (C=O) groups is 1. The molecule has 1 amide bonds. The summed E-state index contributed by atoms with van der Waals surface area (Å²) in [6, 6.07) is 3.52. The lowest BCUT2D eigenvalue weighted by molar-refractivity contribution is -0.116. The molecule has 0 fully saturated rings. The van der Waals surface area contributed by atoms with Gasteiger partial charge in [0, 0.05) is 19.0 Å². The first-order chi connectivity index (χ1) is 6.93. The lowest BCUT2D eigenvalue weighted by atomic mass is 10.2.